The quantitative estimate of drug-likeness (QED) is 0.647. The molecule has 0 spiro atoms. The largest absolute Gasteiger partial charge is 0.457 e. The molecular formula is C22H34ClNO3. The number of esters is 1. The van der Waals surface area contributed by atoms with Crippen LogP contribution in [0.3, 0.4) is 0 Å². The van der Waals surface area contributed by atoms with Crippen LogP contribution in [0.2, 0.25) is 0 Å². The van der Waals surface area contributed by atoms with E-state index in [9.17, 15) is 9.59 Å². The molecule has 1 aliphatic carbocycles. The fraction of sp³-hybridized carbons (Fsp3) is 0.636. The second-order valence-electron chi connectivity index (χ2n) is 8.03. The molecule has 1 unspecified atom stereocenters. The maximum Gasteiger partial charge on any atom is 0.320 e. The van der Waals surface area contributed by atoms with Gasteiger partial charge in [-0.2, -0.15) is 0 Å². The second-order valence-corrected chi connectivity index (χ2v) is 8.03. The standard InChI is InChI=1S/C22H33NO3.ClH/c1-15(2)18-10-9-16(3)13-19(18)20(24)11-12-21(26-22(25)14-23)17-7-5-4-6-8-17;/h4-8,15-16,18-19,21H,9-14,23H2,1-3H3;1H/t16-,18+,19-,21?;/m1./s1. The zero-order valence-corrected chi connectivity index (χ0v) is 17.5. The monoisotopic (exact) mass is 395 g/mol. The predicted molar refractivity (Wildman–Crippen MR) is 111 cm³/mol. The van der Waals surface area contributed by atoms with E-state index in [1.54, 1.807) is 0 Å². The third-order valence-corrected chi connectivity index (χ3v) is 5.70. The summed E-state index contributed by atoms with van der Waals surface area (Å²) < 4.78 is 5.50. The van der Waals surface area contributed by atoms with E-state index < -0.39 is 12.1 Å². The number of hydrogen-bond acceptors (Lipinski definition) is 4. The minimum Gasteiger partial charge on any atom is -0.457 e. The lowest BCUT2D eigenvalue weighted by molar-refractivity contribution is -0.148. The molecule has 0 aliphatic heterocycles. The molecule has 1 saturated carbocycles. The molecule has 1 fully saturated rings. The first kappa shape index (κ1) is 23.6. The SMILES string of the molecule is CC(C)[C@@H]1CC[C@@H](C)C[C@H]1C(=O)CCC(OC(=O)CN)c1ccccc1.Cl. The van der Waals surface area contributed by atoms with E-state index in [1.165, 1.54) is 6.42 Å². The van der Waals surface area contributed by atoms with E-state index in [1.807, 2.05) is 30.3 Å². The molecule has 0 aromatic heterocycles. The predicted octanol–water partition coefficient (Wildman–Crippen LogP) is 4.71. The summed E-state index contributed by atoms with van der Waals surface area (Å²) in [7, 11) is 0. The van der Waals surface area contributed by atoms with Crippen molar-refractivity contribution in [1.29, 1.82) is 0 Å². The molecule has 152 valence electrons. The molecule has 1 aromatic rings. The Morgan fingerprint density at radius 1 is 1.19 bits per heavy atom. The fourth-order valence-electron chi connectivity index (χ4n) is 4.20. The van der Waals surface area contributed by atoms with Gasteiger partial charge in [0, 0.05) is 12.3 Å². The Bertz CT molecular complexity index is 590. The zero-order valence-electron chi connectivity index (χ0n) is 16.7. The van der Waals surface area contributed by atoms with Crippen LogP contribution in [0.1, 0.15) is 64.5 Å². The van der Waals surface area contributed by atoms with Crippen LogP contribution in [-0.4, -0.2) is 18.3 Å². The van der Waals surface area contributed by atoms with Gasteiger partial charge in [0.05, 0.1) is 6.54 Å². The molecule has 0 radical (unpaired) electrons. The van der Waals surface area contributed by atoms with Gasteiger partial charge in [-0.1, -0.05) is 57.5 Å². The lowest BCUT2D eigenvalue weighted by atomic mass is 9.68. The van der Waals surface area contributed by atoms with Crippen molar-refractivity contribution in [3.8, 4) is 0 Å². The van der Waals surface area contributed by atoms with E-state index in [4.69, 9.17) is 10.5 Å². The van der Waals surface area contributed by atoms with Gasteiger partial charge < -0.3 is 10.5 Å². The molecule has 0 amide bonds. The number of benzene rings is 1. The van der Waals surface area contributed by atoms with Crippen LogP contribution in [0.4, 0.5) is 0 Å². The highest BCUT2D eigenvalue weighted by atomic mass is 35.5. The maximum absolute atomic E-state index is 13.0. The van der Waals surface area contributed by atoms with E-state index >= 15 is 0 Å². The molecule has 5 heteroatoms. The molecule has 27 heavy (non-hydrogen) atoms. The number of halogens is 1. The highest BCUT2D eigenvalue weighted by Crippen LogP contribution is 2.39. The van der Waals surface area contributed by atoms with Gasteiger partial charge in [-0.25, -0.2) is 0 Å². The van der Waals surface area contributed by atoms with Crippen LogP contribution in [0.5, 0.6) is 0 Å². The molecule has 0 heterocycles. The van der Waals surface area contributed by atoms with Gasteiger partial charge in [0.2, 0.25) is 0 Å². The van der Waals surface area contributed by atoms with E-state index in [0.717, 1.165) is 18.4 Å². The first-order chi connectivity index (χ1) is 12.4. The lowest BCUT2D eigenvalue weighted by Gasteiger charge is -2.36. The summed E-state index contributed by atoms with van der Waals surface area (Å²) in [5.74, 6) is 1.63. The lowest BCUT2D eigenvalue weighted by Crippen LogP contribution is -2.33. The molecular weight excluding hydrogens is 362 g/mol. The van der Waals surface area contributed by atoms with Crippen molar-refractivity contribution in [2.24, 2.45) is 29.4 Å². The molecule has 0 bridgehead atoms. The summed E-state index contributed by atoms with van der Waals surface area (Å²) in [4.78, 5) is 24.7. The van der Waals surface area contributed by atoms with E-state index in [2.05, 4.69) is 20.8 Å². The third kappa shape index (κ3) is 6.93. The Labute approximate surface area is 169 Å². The Morgan fingerprint density at radius 3 is 2.44 bits per heavy atom. The van der Waals surface area contributed by atoms with Crippen LogP contribution < -0.4 is 5.73 Å². The van der Waals surface area contributed by atoms with Gasteiger partial charge >= 0.3 is 5.97 Å². The first-order valence-electron chi connectivity index (χ1n) is 9.89. The molecule has 4 nitrogen and oxygen atoms in total. The summed E-state index contributed by atoms with van der Waals surface area (Å²) in [6.45, 7) is 6.53. The Hall–Kier alpha value is -1.39. The molecule has 2 rings (SSSR count). The average Bonchev–Trinajstić information content (AvgIpc) is 2.64. The summed E-state index contributed by atoms with van der Waals surface area (Å²) >= 11 is 0. The van der Waals surface area contributed by atoms with Crippen molar-refractivity contribution in [3.63, 3.8) is 0 Å². The minimum absolute atomic E-state index is 0. The smallest absolute Gasteiger partial charge is 0.320 e. The van der Waals surface area contributed by atoms with Crippen molar-refractivity contribution in [2.75, 3.05) is 6.54 Å². The van der Waals surface area contributed by atoms with E-state index in [-0.39, 0.29) is 24.9 Å². The summed E-state index contributed by atoms with van der Waals surface area (Å²) in [6, 6.07) is 9.61. The van der Waals surface area contributed by atoms with Gasteiger partial charge in [0.15, 0.2) is 0 Å². The average molecular weight is 396 g/mol. The van der Waals surface area contributed by atoms with Gasteiger partial charge in [-0.3, -0.25) is 9.59 Å². The van der Waals surface area contributed by atoms with Crippen molar-refractivity contribution >= 4 is 24.2 Å². The van der Waals surface area contributed by atoms with Crippen molar-refractivity contribution in [3.05, 3.63) is 35.9 Å². The number of carbonyl (C=O) groups is 2. The minimum atomic E-state index is -0.433. The molecule has 1 aromatic carbocycles. The summed E-state index contributed by atoms with van der Waals surface area (Å²) in [5.41, 5.74) is 6.31. The van der Waals surface area contributed by atoms with Crippen LogP contribution in [0.15, 0.2) is 30.3 Å². The second kappa shape index (κ2) is 11.5. The number of ether oxygens (including phenoxy) is 1. The number of rotatable bonds is 8. The highest BCUT2D eigenvalue weighted by molar-refractivity contribution is 5.85. The Kier molecular flexibility index (Phi) is 10.0. The van der Waals surface area contributed by atoms with Crippen molar-refractivity contribution in [1.82, 2.24) is 0 Å². The molecule has 0 saturated heterocycles. The van der Waals surface area contributed by atoms with Gasteiger partial charge in [-0.15, -0.1) is 12.4 Å². The van der Waals surface area contributed by atoms with Crippen molar-refractivity contribution < 1.29 is 14.3 Å². The van der Waals surface area contributed by atoms with Crippen LogP contribution in [-0.2, 0) is 14.3 Å². The van der Waals surface area contributed by atoms with Crippen LogP contribution >= 0.6 is 12.4 Å². The Balaban J connectivity index is 0.00000364. The van der Waals surface area contributed by atoms with Crippen molar-refractivity contribution in [2.45, 2.75) is 59.0 Å². The molecule has 1 aliphatic rings. The number of nitrogens with two attached hydrogens (primary N) is 1. The topological polar surface area (TPSA) is 69.4 Å². The van der Waals surface area contributed by atoms with E-state index in [0.29, 0.717) is 36.4 Å². The zero-order chi connectivity index (χ0) is 19.1. The highest BCUT2D eigenvalue weighted by Gasteiger charge is 2.35. The van der Waals surface area contributed by atoms with Crippen LogP contribution in [0, 0.1) is 23.7 Å². The summed E-state index contributed by atoms with van der Waals surface area (Å²) in [5, 5.41) is 0. The number of hydrogen-bond donors (Lipinski definition) is 1. The number of carbonyl (C=O) groups excluding carboxylic acids is 2. The molecule has 4 atom stereocenters. The Morgan fingerprint density at radius 2 is 1.85 bits per heavy atom. The van der Waals surface area contributed by atoms with Gasteiger partial charge in [-0.05, 0) is 42.6 Å². The van der Waals surface area contributed by atoms with Crippen LogP contribution in [0.25, 0.3) is 0 Å². The molecule has 2 N–H and O–H groups in total. The number of ketones is 1. The van der Waals surface area contributed by atoms with Gasteiger partial charge in [0.25, 0.3) is 0 Å². The summed E-state index contributed by atoms with van der Waals surface area (Å²) in [6.07, 6.45) is 3.89. The fourth-order valence-corrected chi connectivity index (χ4v) is 4.20. The normalized spacial score (nSPS) is 23.4. The first-order valence-corrected chi connectivity index (χ1v) is 9.89. The third-order valence-electron chi connectivity index (χ3n) is 5.70. The van der Waals surface area contributed by atoms with Gasteiger partial charge in [0.1, 0.15) is 11.9 Å². The maximum atomic E-state index is 13.0. The number of Topliss-reactive ketones (excluding diaryl/α,β-unsaturated/α-hetero) is 1.